The number of piperazine rings is 1. The summed E-state index contributed by atoms with van der Waals surface area (Å²) in [4.78, 5) is 14.3. The van der Waals surface area contributed by atoms with Crippen molar-refractivity contribution in [3.05, 3.63) is 0 Å². The molecule has 1 saturated carbocycles. The van der Waals surface area contributed by atoms with Crippen molar-refractivity contribution in [3.63, 3.8) is 0 Å². The van der Waals surface area contributed by atoms with Gasteiger partial charge in [-0.25, -0.2) is 0 Å². The van der Waals surface area contributed by atoms with Crippen molar-refractivity contribution in [3.8, 4) is 0 Å². The SMILES string of the molecule is CC(C)(C(=O)NC1CC1)N1CCNCC1. The van der Waals surface area contributed by atoms with Gasteiger partial charge in [0.2, 0.25) is 5.91 Å². The zero-order valence-electron chi connectivity index (χ0n) is 9.68. The monoisotopic (exact) mass is 211 g/mol. The molecule has 15 heavy (non-hydrogen) atoms. The lowest BCUT2D eigenvalue weighted by atomic mass is 10.0. The first-order valence-corrected chi connectivity index (χ1v) is 5.87. The molecule has 0 atom stereocenters. The quantitative estimate of drug-likeness (QED) is 0.688. The Morgan fingerprint density at radius 2 is 1.93 bits per heavy atom. The van der Waals surface area contributed by atoms with Crippen LogP contribution in [0.5, 0.6) is 0 Å². The summed E-state index contributed by atoms with van der Waals surface area (Å²) < 4.78 is 0. The van der Waals surface area contributed by atoms with E-state index < -0.39 is 0 Å². The zero-order chi connectivity index (χ0) is 10.9. The van der Waals surface area contributed by atoms with Gasteiger partial charge in [0.25, 0.3) is 0 Å². The highest BCUT2D eigenvalue weighted by atomic mass is 16.2. The fraction of sp³-hybridized carbons (Fsp3) is 0.909. The lowest BCUT2D eigenvalue weighted by Crippen LogP contribution is -2.60. The second-order valence-corrected chi connectivity index (χ2v) is 5.04. The number of carbonyl (C=O) groups excluding carboxylic acids is 1. The van der Waals surface area contributed by atoms with E-state index in [1.165, 1.54) is 0 Å². The van der Waals surface area contributed by atoms with Gasteiger partial charge < -0.3 is 10.6 Å². The van der Waals surface area contributed by atoms with Gasteiger partial charge in [0, 0.05) is 32.2 Å². The van der Waals surface area contributed by atoms with Crippen LogP contribution in [-0.4, -0.2) is 48.6 Å². The average Bonchev–Trinajstić information content (AvgIpc) is 3.03. The van der Waals surface area contributed by atoms with Crippen molar-refractivity contribution in [1.29, 1.82) is 0 Å². The van der Waals surface area contributed by atoms with Crippen molar-refractivity contribution in [2.45, 2.75) is 38.3 Å². The lowest BCUT2D eigenvalue weighted by Gasteiger charge is -2.39. The molecule has 0 unspecified atom stereocenters. The number of hydrogen-bond donors (Lipinski definition) is 2. The minimum atomic E-state index is -0.356. The predicted molar refractivity (Wildman–Crippen MR) is 59.7 cm³/mol. The Hall–Kier alpha value is -0.610. The van der Waals surface area contributed by atoms with E-state index in [2.05, 4.69) is 15.5 Å². The Kier molecular flexibility index (Phi) is 2.98. The van der Waals surface area contributed by atoms with E-state index in [1.54, 1.807) is 0 Å². The van der Waals surface area contributed by atoms with Crippen LogP contribution in [0.15, 0.2) is 0 Å². The molecule has 0 bridgehead atoms. The Balaban J connectivity index is 1.92. The lowest BCUT2D eigenvalue weighted by molar-refractivity contribution is -0.132. The maximum atomic E-state index is 12.0. The summed E-state index contributed by atoms with van der Waals surface area (Å²) in [5.74, 6) is 0.187. The second-order valence-electron chi connectivity index (χ2n) is 5.04. The summed E-state index contributed by atoms with van der Waals surface area (Å²) in [5.41, 5.74) is -0.356. The highest BCUT2D eigenvalue weighted by molar-refractivity contribution is 5.85. The predicted octanol–water partition coefficient (Wildman–Crippen LogP) is -0.0512. The Morgan fingerprint density at radius 1 is 1.33 bits per heavy atom. The van der Waals surface area contributed by atoms with Crippen molar-refractivity contribution < 1.29 is 4.79 Å². The molecular formula is C11H21N3O. The molecule has 0 aromatic heterocycles. The van der Waals surface area contributed by atoms with Crippen LogP contribution in [0, 0.1) is 0 Å². The summed E-state index contributed by atoms with van der Waals surface area (Å²) in [6, 6.07) is 0.458. The van der Waals surface area contributed by atoms with E-state index in [1.807, 2.05) is 13.8 Å². The van der Waals surface area contributed by atoms with E-state index in [9.17, 15) is 4.79 Å². The first-order chi connectivity index (χ1) is 7.10. The number of nitrogens with zero attached hydrogens (tertiary/aromatic N) is 1. The first kappa shape index (κ1) is 10.9. The van der Waals surface area contributed by atoms with Gasteiger partial charge in [-0.15, -0.1) is 0 Å². The second kappa shape index (κ2) is 4.10. The fourth-order valence-electron chi connectivity index (χ4n) is 1.96. The van der Waals surface area contributed by atoms with Gasteiger partial charge in [-0.2, -0.15) is 0 Å². The first-order valence-electron chi connectivity index (χ1n) is 5.87. The molecule has 0 radical (unpaired) electrons. The van der Waals surface area contributed by atoms with E-state index in [0.717, 1.165) is 39.0 Å². The molecule has 4 nitrogen and oxygen atoms in total. The molecule has 2 rings (SSSR count). The molecule has 1 heterocycles. The minimum Gasteiger partial charge on any atom is -0.352 e. The molecule has 2 N–H and O–H groups in total. The molecule has 0 aromatic carbocycles. The molecule has 4 heteroatoms. The highest BCUT2D eigenvalue weighted by Crippen LogP contribution is 2.22. The van der Waals surface area contributed by atoms with Crippen LogP contribution >= 0.6 is 0 Å². The third-order valence-electron chi connectivity index (χ3n) is 3.38. The molecule has 1 aliphatic carbocycles. The standard InChI is InChI=1S/C11H21N3O/c1-11(2,10(15)13-9-3-4-9)14-7-5-12-6-8-14/h9,12H,3-8H2,1-2H3,(H,13,15). The normalized spacial score (nSPS) is 23.9. The van der Waals surface area contributed by atoms with Crippen LogP contribution in [0.3, 0.4) is 0 Å². The Bertz CT molecular complexity index is 242. The molecular weight excluding hydrogens is 190 g/mol. The van der Waals surface area contributed by atoms with E-state index >= 15 is 0 Å². The van der Waals surface area contributed by atoms with Crippen molar-refractivity contribution >= 4 is 5.91 Å². The summed E-state index contributed by atoms with van der Waals surface area (Å²) >= 11 is 0. The van der Waals surface area contributed by atoms with E-state index in [-0.39, 0.29) is 11.4 Å². The van der Waals surface area contributed by atoms with Gasteiger partial charge in [-0.05, 0) is 26.7 Å². The zero-order valence-corrected chi connectivity index (χ0v) is 9.68. The molecule has 2 fully saturated rings. The number of nitrogens with one attached hydrogen (secondary N) is 2. The van der Waals surface area contributed by atoms with Crippen LogP contribution in [-0.2, 0) is 4.79 Å². The number of rotatable bonds is 3. The number of amides is 1. The van der Waals surface area contributed by atoms with Crippen LogP contribution in [0.1, 0.15) is 26.7 Å². The topological polar surface area (TPSA) is 44.4 Å². The Morgan fingerprint density at radius 3 is 2.47 bits per heavy atom. The molecule has 86 valence electrons. The van der Waals surface area contributed by atoms with Gasteiger partial charge in [0.1, 0.15) is 0 Å². The third kappa shape index (κ3) is 2.49. The molecule has 0 aromatic rings. The minimum absolute atomic E-state index is 0.187. The average molecular weight is 211 g/mol. The molecule has 1 amide bonds. The van der Waals surface area contributed by atoms with Gasteiger partial charge >= 0.3 is 0 Å². The number of hydrogen-bond acceptors (Lipinski definition) is 3. The van der Waals surface area contributed by atoms with Gasteiger partial charge in [-0.3, -0.25) is 9.69 Å². The maximum absolute atomic E-state index is 12.0. The van der Waals surface area contributed by atoms with Crippen LogP contribution in [0.2, 0.25) is 0 Å². The summed E-state index contributed by atoms with van der Waals surface area (Å²) in [5, 5.41) is 6.40. The van der Waals surface area contributed by atoms with Crippen molar-refractivity contribution in [2.75, 3.05) is 26.2 Å². The summed E-state index contributed by atoms with van der Waals surface area (Å²) in [6.07, 6.45) is 2.31. The summed E-state index contributed by atoms with van der Waals surface area (Å²) in [6.45, 7) is 7.95. The molecule has 1 saturated heterocycles. The largest absolute Gasteiger partial charge is 0.352 e. The third-order valence-corrected chi connectivity index (χ3v) is 3.38. The van der Waals surface area contributed by atoms with Crippen LogP contribution < -0.4 is 10.6 Å². The van der Waals surface area contributed by atoms with Crippen molar-refractivity contribution in [2.24, 2.45) is 0 Å². The van der Waals surface area contributed by atoms with Gasteiger partial charge in [-0.1, -0.05) is 0 Å². The smallest absolute Gasteiger partial charge is 0.240 e. The molecule has 2 aliphatic rings. The molecule has 1 aliphatic heterocycles. The Labute approximate surface area is 91.4 Å². The maximum Gasteiger partial charge on any atom is 0.240 e. The van der Waals surface area contributed by atoms with Gasteiger partial charge in [0.15, 0.2) is 0 Å². The summed E-state index contributed by atoms with van der Waals surface area (Å²) in [7, 11) is 0. The fourth-order valence-corrected chi connectivity index (χ4v) is 1.96. The molecule has 0 spiro atoms. The van der Waals surface area contributed by atoms with Gasteiger partial charge in [0.05, 0.1) is 5.54 Å². The number of carbonyl (C=O) groups is 1. The van der Waals surface area contributed by atoms with Crippen LogP contribution in [0.25, 0.3) is 0 Å². The van der Waals surface area contributed by atoms with Crippen molar-refractivity contribution in [1.82, 2.24) is 15.5 Å². The highest BCUT2D eigenvalue weighted by Gasteiger charge is 2.37. The van der Waals surface area contributed by atoms with E-state index in [0.29, 0.717) is 6.04 Å². The van der Waals surface area contributed by atoms with Crippen LogP contribution in [0.4, 0.5) is 0 Å². The van der Waals surface area contributed by atoms with E-state index in [4.69, 9.17) is 0 Å².